The summed E-state index contributed by atoms with van der Waals surface area (Å²) in [7, 11) is -3.37. The van der Waals surface area contributed by atoms with Crippen molar-refractivity contribution in [1.82, 2.24) is 19.9 Å². The van der Waals surface area contributed by atoms with Crippen LogP contribution < -0.4 is 5.69 Å². The molecule has 142 valence electrons. The molecule has 0 fully saturated rings. The molecule has 0 spiro atoms. The zero-order chi connectivity index (χ0) is 19.9. The van der Waals surface area contributed by atoms with Crippen LogP contribution in [0.25, 0.3) is 22.6 Å². The largest absolute Gasteiger partial charge is 0.326 e. The minimum atomic E-state index is -3.37. The van der Waals surface area contributed by atoms with Gasteiger partial charge in [-0.05, 0) is 17.7 Å². The zero-order valence-corrected chi connectivity index (χ0v) is 16.1. The van der Waals surface area contributed by atoms with Crippen molar-refractivity contribution in [1.29, 1.82) is 0 Å². The van der Waals surface area contributed by atoms with Crippen molar-refractivity contribution >= 4 is 21.1 Å². The molecule has 4 rings (SSSR count). The van der Waals surface area contributed by atoms with Gasteiger partial charge in [0.15, 0.2) is 21.1 Å². The molecule has 0 bridgehead atoms. The number of sulfone groups is 1. The van der Waals surface area contributed by atoms with Gasteiger partial charge in [0.05, 0.1) is 16.3 Å². The van der Waals surface area contributed by atoms with E-state index in [9.17, 15) is 13.2 Å². The van der Waals surface area contributed by atoms with Gasteiger partial charge in [-0.25, -0.2) is 23.2 Å². The van der Waals surface area contributed by atoms with E-state index in [1.54, 1.807) is 24.3 Å². The van der Waals surface area contributed by atoms with Crippen LogP contribution in [0.2, 0.25) is 0 Å². The summed E-state index contributed by atoms with van der Waals surface area (Å²) >= 11 is 0. The van der Waals surface area contributed by atoms with Gasteiger partial charge in [-0.3, -0.25) is 9.97 Å². The molecular formula is C20H18N4O3S. The molecule has 2 aromatic heterocycles. The van der Waals surface area contributed by atoms with Gasteiger partial charge in [-0.15, -0.1) is 0 Å². The quantitative estimate of drug-likeness (QED) is 0.553. The number of rotatable bonds is 4. The van der Waals surface area contributed by atoms with E-state index >= 15 is 0 Å². The van der Waals surface area contributed by atoms with Crippen molar-refractivity contribution in [3.8, 4) is 11.3 Å². The molecule has 28 heavy (non-hydrogen) atoms. The molecule has 8 heteroatoms. The highest BCUT2D eigenvalue weighted by atomic mass is 32.2. The lowest BCUT2D eigenvalue weighted by Crippen LogP contribution is -2.05. The Morgan fingerprint density at radius 3 is 2.29 bits per heavy atom. The lowest BCUT2D eigenvalue weighted by Gasteiger charge is -2.16. The molecular weight excluding hydrogens is 376 g/mol. The topological polar surface area (TPSA) is 109 Å². The highest BCUT2D eigenvalue weighted by molar-refractivity contribution is 7.90. The molecule has 0 aliphatic carbocycles. The molecule has 7 nitrogen and oxygen atoms in total. The number of imidazole rings is 1. The number of hydrogen-bond acceptors (Lipinski definition) is 5. The number of benzene rings is 2. The number of nitrogens with zero attached hydrogens (tertiary/aromatic N) is 2. The van der Waals surface area contributed by atoms with Crippen molar-refractivity contribution < 1.29 is 8.42 Å². The Labute approximate surface area is 161 Å². The van der Waals surface area contributed by atoms with Crippen LogP contribution in [0.4, 0.5) is 0 Å². The summed E-state index contributed by atoms with van der Waals surface area (Å²) in [5, 5.41) is 0. The van der Waals surface area contributed by atoms with Gasteiger partial charge in [0.1, 0.15) is 0 Å². The van der Waals surface area contributed by atoms with E-state index in [4.69, 9.17) is 0 Å². The van der Waals surface area contributed by atoms with E-state index in [-0.39, 0.29) is 10.8 Å². The molecule has 2 heterocycles. The smallest absolute Gasteiger partial charge is 0.289 e. The molecule has 2 aromatic carbocycles. The summed E-state index contributed by atoms with van der Waals surface area (Å²) in [6.45, 7) is 2.00. The molecule has 0 aliphatic rings. The lowest BCUT2D eigenvalue weighted by molar-refractivity contribution is 0.602. The predicted molar refractivity (Wildman–Crippen MR) is 107 cm³/mol. The fraction of sp³-hybridized carbons (Fsp3) is 0.150. The maximum atomic E-state index is 12.0. The highest BCUT2D eigenvalue weighted by Gasteiger charge is 2.20. The van der Waals surface area contributed by atoms with Crippen LogP contribution >= 0.6 is 0 Å². The summed E-state index contributed by atoms with van der Waals surface area (Å²) in [5.41, 5.74) is 3.14. The SMILES string of the molecule is CC(c1ccccc1)c1nc2[nH]c(=O)[nH]c2nc1-c1cccc(S(C)(=O)=O)c1. The first-order chi connectivity index (χ1) is 13.3. The van der Waals surface area contributed by atoms with Crippen molar-refractivity contribution in [2.75, 3.05) is 6.26 Å². The van der Waals surface area contributed by atoms with Crippen LogP contribution in [-0.4, -0.2) is 34.6 Å². The Morgan fingerprint density at radius 1 is 0.929 bits per heavy atom. The predicted octanol–water partition coefficient (Wildman–Crippen LogP) is 2.87. The second-order valence-corrected chi connectivity index (χ2v) is 8.68. The average Bonchev–Trinajstić information content (AvgIpc) is 3.05. The molecule has 1 unspecified atom stereocenters. The number of H-pyrrole nitrogens is 2. The third-order valence-corrected chi connectivity index (χ3v) is 5.74. The van der Waals surface area contributed by atoms with Gasteiger partial charge < -0.3 is 0 Å². The first kappa shape index (κ1) is 18.1. The summed E-state index contributed by atoms with van der Waals surface area (Å²) in [6, 6.07) is 16.4. The second-order valence-electron chi connectivity index (χ2n) is 6.67. The highest BCUT2D eigenvalue weighted by Crippen LogP contribution is 2.32. The Morgan fingerprint density at radius 2 is 1.61 bits per heavy atom. The normalized spacial score (nSPS) is 12.9. The number of nitrogens with one attached hydrogen (secondary N) is 2. The number of aromatic amines is 2. The molecule has 0 amide bonds. The Hall–Kier alpha value is -3.26. The number of aromatic nitrogens is 4. The van der Waals surface area contributed by atoms with Gasteiger partial charge in [0.25, 0.3) is 0 Å². The van der Waals surface area contributed by atoms with E-state index in [0.29, 0.717) is 28.2 Å². The summed E-state index contributed by atoms with van der Waals surface area (Å²) < 4.78 is 24.0. The minimum absolute atomic E-state index is 0.117. The van der Waals surface area contributed by atoms with Crippen LogP contribution in [0.5, 0.6) is 0 Å². The second kappa shape index (κ2) is 6.72. The number of hydrogen-bond donors (Lipinski definition) is 2. The Kier molecular flexibility index (Phi) is 4.35. The summed E-state index contributed by atoms with van der Waals surface area (Å²) in [5.74, 6) is -0.117. The summed E-state index contributed by atoms with van der Waals surface area (Å²) in [4.78, 5) is 26.4. The van der Waals surface area contributed by atoms with E-state index in [0.717, 1.165) is 11.8 Å². The van der Waals surface area contributed by atoms with Crippen molar-refractivity contribution in [3.63, 3.8) is 0 Å². The standard InChI is InChI=1S/C20H18N4O3S/c1-12(13-7-4-3-5-8-13)16-17(22-19-18(21-16)23-20(25)24-19)14-9-6-10-15(11-14)28(2,26)27/h3-12H,1-2H3,(H2,21,22,23,24,25). The van der Waals surface area contributed by atoms with Crippen LogP contribution in [0.15, 0.2) is 64.3 Å². The van der Waals surface area contributed by atoms with Gasteiger partial charge in [-0.1, -0.05) is 49.4 Å². The fourth-order valence-electron chi connectivity index (χ4n) is 3.16. The third kappa shape index (κ3) is 3.34. The maximum absolute atomic E-state index is 12.0. The van der Waals surface area contributed by atoms with Crippen LogP contribution in [-0.2, 0) is 9.84 Å². The monoisotopic (exact) mass is 394 g/mol. The average molecular weight is 394 g/mol. The molecule has 0 saturated heterocycles. The van der Waals surface area contributed by atoms with E-state index in [2.05, 4.69) is 19.9 Å². The van der Waals surface area contributed by atoms with E-state index in [1.807, 2.05) is 37.3 Å². The van der Waals surface area contributed by atoms with Crippen molar-refractivity contribution in [3.05, 3.63) is 76.3 Å². The first-order valence-corrected chi connectivity index (χ1v) is 10.6. The van der Waals surface area contributed by atoms with Crippen LogP contribution in [0.3, 0.4) is 0 Å². The van der Waals surface area contributed by atoms with Crippen molar-refractivity contribution in [2.24, 2.45) is 0 Å². The Bertz CT molecular complexity index is 1320. The molecule has 0 saturated carbocycles. The van der Waals surface area contributed by atoms with Crippen LogP contribution in [0.1, 0.15) is 24.1 Å². The van der Waals surface area contributed by atoms with E-state index < -0.39 is 15.5 Å². The summed E-state index contributed by atoms with van der Waals surface area (Å²) in [6.07, 6.45) is 1.16. The van der Waals surface area contributed by atoms with Gasteiger partial charge >= 0.3 is 5.69 Å². The number of fused-ring (bicyclic) bond motifs is 1. The van der Waals surface area contributed by atoms with E-state index in [1.165, 1.54) is 0 Å². The Balaban J connectivity index is 1.98. The minimum Gasteiger partial charge on any atom is -0.289 e. The zero-order valence-electron chi connectivity index (χ0n) is 15.3. The van der Waals surface area contributed by atoms with Gasteiger partial charge in [0, 0.05) is 17.7 Å². The van der Waals surface area contributed by atoms with Crippen LogP contribution in [0, 0.1) is 0 Å². The van der Waals surface area contributed by atoms with Crippen molar-refractivity contribution in [2.45, 2.75) is 17.7 Å². The maximum Gasteiger partial charge on any atom is 0.326 e. The van der Waals surface area contributed by atoms with Gasteiger partial charge in [0.2, 0.25) is 0 Å². The fourth-order valence-corrected chi connectivity index (χ4v) is 3.82. The molecule has 0 radical (unpaired) electrons. The molecule has 4 aromatic rings. The van der Waals surface area contributed by atoms with Gasteiger partial charge in [-0.2, -0.15) is 0 Å². The third-order valence-electron chi connectivity index (χ3n) is 4.63. The lowest BCUT2D eigenvalue weighted by atomic mass is 9.94. The molecule has 2 N–H and O–H groups in total. The molecule has 0 aliphatic heterocycles. The molecule has 1 atom stereocenters. The first-order valence-electron chi connectivity index (χ1n) is 8.68.